The van der Waals surface area contributed by atoms with Gasteiger partial charge in [0.1, 0.15) is 5.82 Å². The number of rotatable bonds is 6. The van der Waals surface area contributed by atoms with Gasteiger partial charge in [0, 0.05) is 31.5 Å². The number of hydrogen-bond donors (Lipinski definition) is 1. The van der Waals surface area contributed by atoms with Crippen molar-refractivity contribution < 1.29 is 0 Å². The maximum Gasteiger partial charge on any atom is 0.148 e. The summed E-state index contributed by atoms with van der Waals surface area (Å²) in [4.78, 5) is 0. The lowest BCUT2D eigenvalue weighted by Gasteiger charge is -2.05. The minimum Gasteiger partial charge on any atom is -0.363 e. The van der Waals surface area contributed by atoms with Gasteiger partial charge in [0.25, 0.3) is 0 Å². The Hall–Kier alpha value is -1.78. The molecule has 0 unspecified atom stereocenters. The fourth-order valence-corrected chi connectivity index (χ4v) is 1.79. The van der Waals surface area contributed by atoms with E-state index in [9.17, 15) is 0 Å². The molecular weight excluding hydrogens is 214 g/mol. The lowest BCUT2D eigenvalue weighted by molar-refractivity contribution is 0.602. The van der Waals surface area contributed by atoms with Crippen molar-refractivity contribution in [2.24, 2.45) is 0 Å². The monoisotopic (exact) mass is 233 g/mol. The first kappa shape index (κ1) is 11.7. The molecule has 17 heavy (non-hydrogen) atoms. The van der Waals surface area contributed by atoms with E-state index in [0.717, 1.165) is 31.9 Å². The molecule has 0 aliphatic carbocycles. The third kappa shape index (κ3) is 2.87. The van der Waals surface area contributed by atoms with Crippen LogP contribution in [-0.2, 0) is 19.6 Å². The average molecular weight is 233 g/mol. The van der Waals surface area contributed by atoms with Crippen molar-refractivity contribution in [3.05, 3.63) is 30.2 Å². The molecule has 0 aliphatic heterocycles. The number of aryl methyl sites for hydroxylation is 2. The Morgan fingerprint density at radius 3 is 2.94 bits per heavy atom. The van der Waals surface area contributed by atoms with E-state index in [-0.39, 0.29) is 0 Å². The molecule has 0 saturated heterocycles. The molecule has 5 nitrogen and oxygen atoms in total. The van der Waals surface area contributed by atoms with Crippen molar-refractivity contribution in [1.29, 1.82) is 0 Å². The van der Waals surface area contributed by atoms with Crippen molar-refractivity contribution in [2.75, 3.05) is 5.32 Å². The van der Waals surface area contributed by atoms with Crippen LogP contribution in [0.15, 0.2) is 24.5 Å². The van der Waals surface area contributed by atoms with E-state index < -0.39 is 0 Å². The normalized spacial score (nSPS) is 10.7. The zero-order valence-electron chi connectivity index (χ0n) is 10.4. The van der Waals surface area contributed by atoms with E-state index in [1.165, 1.54) is 5.69 Å². The Balaban J connectivity index is 1.93. The largest absolute Gasteiger partial charge is 0.363 e. The topological polar surface area (TPSA) is 47.7 Å². The van der Waals surface area contributed by atoms with Crippen molar-refractivity contribution in [1.82, 2.24) is 19.6 Å². The van der Waals surface area contributed by atoms with Crippen LogP contribution in [0.4, 0.5) is 5.82 Å². The van der Waals surface area contributed by atoms with E-state index in [1.54, 1.807) is 0 Å². The lowest BCUT2D eigenvalue weighted by atomic mass is 10.4. The standard InChI is InChI=1S/C12H19N5/c1-3-8-16-9-6-12(15-16)13-10-11-5-7-14-17(11)4-2/h5-7,9H,3-4,8,10H2,1-2H3,(H,13,15). The maximum atomic E-state index is 4.43. The molecule has 0 aromatic carbocycles. The molecule has 2 aromatic heterocycles. The first-order valence-corrected chi connectivity index (χ1v) is 6.11. The van der Waals surface area contributed by atoms with Gasteiger partial charge in [-0.15, -0.1) is 0 Å². The molecule has 0 amide bonds. The molecule has 2 heterocycles. The number of nitrogens with zero attached hydrogens (tertiary/aromatic N) is 4. The minimum absolute atomic E-state index is 0.761. The fraction of sp³-hybridized carbons (Fsp3) is 0.500. The van der Waals surface area contributed by atoms with E-state index in [0.29, 0.717) is 0 Å². The maximum absolute atomic E-state index is 4.43. The number of hydrogen-bond acceptors (Lipinski definition) is 3. The second kappa shape index (κ2) is 5.52. The summed E-state index contributed by atoms with van der Waals surface area (Å²) in [7, 11) is 0. The zero-order chi connectivity index (χ0) is 12.1. The Morgan fingerprint density at radius 1 is 1.29 bits per heavy atom. The van der Waals surface area contributed by atoms with Gasteiger partial charge in [-0.2, -0.15) is 10.2 Å². The summed E-state index contributed by atoms with van der Waals surface area (Å²) in [6.45, 7) is 6.86. The highest BCUT2D eigenvalue weighted by atomic mass is 15.3. The summed E-state index contributed by atoms with van der Waals surface area (Å²) in [5, 5.41) is 12.0. The lowest BCUT2D eigenvalue weighted by Crippen LogP contribution is -2.08. The van der Waals surface area contributed by atoms with Gasteiger partial charge >= 0.3 is 0 Å². The molecule has 2 rings (SSSR count). The zero-order valence-corrected chi connectivity index (χ0v) is 10.4. The van der Waals surface area contributed by atoms with E-state index in [2.05, 4.69) is 29.4 Å². The number of anilines is 1. The quantitative estimate of drug-likeness (QED) is 0.831. The Kier molecular flexibility index (Phi) is 3.80. The van der Waals surface area contributed by atoms with Gasteiger partial charge in [-0.05, 0) is 19.4 Å². The first-order valence-electron chi connectivity index (χ1n) is 6.11. The van der Waals surface area contributed by atoms with Crippen LogP contribution in [-0.4, -0.2) is 19.6 Å². The Morgan fingerprint density at radius 2 is 2.18 bits per heavy atom. The molecule has 0 bridgehead atoms. The van der Waals surface area contributed by atoms with Gasteiger partial charge < -0.3 is 5.32 Å². The average Bonchev–Trinajstić information content (AvgIpc) is 2.95. The first-order chi connectivity index (χ1) is 8.33. The van der Waals surface area contributed by atoms with Crippen LogP contribution in [0.5, 0.6) is 0 Å². The number of aromatic nitrogens is 4. The molecule has 0 saturated carbocycles. The predicted molar refractivity (Wildman–Crippen MR) is 67.7 cm³/mol. The summed E-state index contributed by atoms with van der Waals surface area (Å²) < 4.78 is 3.94. The molecule has 92 valence electrons. The van der Waals surface area contributed by atoms with Gasteiger partial charge in [-0.3, -0.25) is 9.36 Å². The van der Waals surface area contributed by atoms with Gasteiger partial charge in [0.2, 0.25) is 0 Å². The molecule has 5 heteroatoms. The molecule has 0 atom stereocenters. The van der Waals surface area contributed by atoms with Gasteiger partial charge in [-0.25, -0.2) is 0 Å². The molecule has 1 N–H and O–H groups in total. The smallest absolute Gasteiger partial charge is 0.148 e. The van der Waals surface area contributed by atoms with Crippen molar-refractivity contribution in [3.8, 4) is 0 Å². The van der Waals surface area contributed by atoms with Gasteiger partial charge in [0.15, 0.2) is 0 Å². The molecule has 0 fully saturated rings. The highest BCUT2D eigenvalue weighted by Gasteiger charge is 2.02. The Bertz CT molecular complexity index is 457. The molecule has 2 aromatic rings. The third-order valence-corrected chi connectivity index (χ3v) is 2.65. The molecule has 0 radical (unpaired) electrons. The van der Waals surface area contributed by atoms with Crippen molar-refractivity contribution >= 4 is 5.82 Å². The van der Waals surface area contributed by atoms with Crippen LogP contribution in [0.1, 0.15) is 26.0 Å². The van der Waals surface area contributed by atoms with Gasteiger partial charge in [0.05, 0.1) is 12.2 Å². The highest BCUT2D eigenvalue weighted by Crippen LogP contribution is 2.06. The van der Waals surface area contributed by atoms with Crippen molar-refractivity contribution in [2.45, 2.75) is 39.9 Å². The van der Waals surface area contributed by atoms with Crippen LogP contribution < -0.4 is 5.32 Å². The van der Waals surface area contributed by atoms with Gasteiger partial charge in [-0.1, -0.05) is 6.92 Å². The summed E-state index contributed by atoms with van der Waals surface area (Å²) in [5.41, 5.74) is 1.18. The fourth-order valence-electron chi connectivity index (χ4n) is 1.79. The van der Waals surface area contributed by atoms with Crippen LogP contribution in [0.2, 0.25) is 0 Å². The molecular formula is C12H19N5. The summed E-state index contributed by atoms with van der Waals surface area (Å²) in [6, 6.07) is 4.03. The van der Waals surface area contributed by atoms with E-state index in [1.807, 2.05) is 33.9 Å². The van der Waals surface area contributed by atoms with Crippen LogP contribution >= 0.6 is 0 Å². The third-order valence-electron chi connectivity index (χ3n) is 2.65. The minimum atomic E-state index is 0.761. The summed E-state index contributed by atoms with van der Waals surface area (Å²) in [5.74, 6) is 0.919. The predicted octanol–water partition coefficient (Wildman–Crippen LogP) is 2.12. The summed E-state index contributed by atoms with van der Waals surface area (Å²) >= 11 is 0. The van der Waals surface area contributed by atoms with E-state index in [4.69, 9.17) is 0 Å². The Labute approximate surface area is 101 Å². The molecule has 0 aliphatic rings. The SMILES string of the molecule is CCCn1ccc(NCc2ccnn2CC)n1. The highest BCUT2D eigenvalue weighted by molar-refractivity contribution is 5.32. The second-order valence-corrected chi connectivity index (χ2v) is 3.96. The molecule has 0 spiro atoms. The number of nitrogens with one attached hydrogen (secondary N) is 1. The van der Waals surface area contributed by atoms with Crippen LogP contribution in [0, 0.1) is 0 Å². The summed E-state index contributed by atoms with van der Waals surface area (Å²) in [6.07, 6.45) is 4.93. The van der Waals surface area contributed by atoms with E-state index >= 15 is 0 Å². The second-order valence-electron chi connectivity index (χ2n) is 3.96. The van der Waals surface area contributed by atoms with Crippen LogP contribution in [0.3, 0.4) is 0 Å². The van der Waals surface area contributed by atoms with Crippen molar-refractivity contribution in [3.63, 3.8) is 0 Å². The van der Waals surface area contributed by atoms with Crippen LogP contribution in [0.25, 0.3) is 0 Å².